The lowest BCUT2D eigenvalue weighted by molar-refractivity contribution is 0.152. The molecule has 1 aromatic rings. The van der Waals surface area contributed by atoms with E-state index < -0.39 is 9.84 Å². The third kappa shape index (κ3) is 3.68. The van der Waals surface area contributed by atoms with Crippen LogP contribution in [0.3, 0.4) is 0 Å². The minimum atomic E-state index is -2.90. The maximum Gasteiger partial charge on any atom is 0.209 e. The fraction of sp³-hybridized carbons (Fsp3) is 0.667. The van der Waals surface area contributed by atoms with Gasteiger partial charge in [0.1, 0.15) is 0 Å². The predicted octanol–water partition coefficient (Wildman–Crippen LogP) is 5.14. The smallest absolute Gasteiger partial charge is 0.209 e. The van der Waals surface area contributed by atoms with Crippen LogP contribution in [0.25, 0.3) is 0 Å². The van der Waals surface area contributed by atoms with Crippen LogP contribution in [0.15, 0.2) is 28.0 Å². The van der Waals surface area contributed by atoms with Gasteiger partial charge in [-0.1, -0.05) is 52.5 Å². The zero-order valence-electron chi connectivity index (χ0n) is 13.8. The van der Waals surface area contributed by atoms with Gasteiger partial charge in [0.15, 0.2) is 0 Å². The summed E-state index contributed by atoms with van der Waals surface area (Å²) in [4.78, 5) is 1.01. The number of rotatable bonds is 2. The molecule has 0 spiro atoms. The summed E-state index contributed by atoms with van der Waals surface area (Å²) in [5.74, 6) is 1.02. The molecule has 1 fully saturated rings. The quantitative estimate of drug-likeness (QED) is 0.719. The van der Waals surface area contributed by atoms with Crippen molar-refractivity contribution in [1.82, 2.24) is 0 Å². The Morgan fingerprint density at radius 3 is 2.19 bits per heavy atom. The van der Waals surface area contributed by atoms with Crippen molar-refractivity contribution in [2.24, 2.45) is 11.3 Å². The average molecular weight is 308 g/mol. The summed E-state index contributed by atoms with van der Waals surface area (Å²) < 4.78 is 21.8. The molecule has 1 saturated carbocycles. The zero-order chi connectivity index (χ0) is 15.7. The summed E-state index contributed by atoms with van der Waals surface area (Å²) in [6.07, 6.45) is 8.76. The Labute approximate surface area is 129 Å². The highest BCUT2D eigenvalue weighted by molar-refractivity contribution is 7.97. The van der Waals surface area contributed by atoms with Gasteiger partial charge in [-0.2, -0.15) is 0 Å². The second-order valence-electron chi connectivity index (χ2n) is 7.13. The first kappa shape index (κ1) is 16.5. The minimum Gasteiger partial charge on any atom is -0.218 e. The van der Waals surface area contributed by atoms with Crippen molar-refractivity contribution in [1.29, 1.82) is 0 Å². The van der Waals surface area contributed by atoms with Gasteiger partial charge < -0.3 is 0 Å². The maximum absolute atomic E-state index is 10.9. The van der Waals surface area contributed by atoms with Gasteiger partial charge in [0.25, 0.3) is 0 Å². The third-order valence-electron chi connectivity index (χ3n) is 5.26. The molecule has 118 valence electrons. The van der Waals surface area contributed by atoms with E-state index in [0.29, 0.717) is 15.2 Å². The second kappa shape index (κ2) is 6.12. The highest BCUT2D eigenvalue weighted by Gasteiger charge is 2.38. The Hall–Kier alpha value is -0.830. The van der Waals surface area contributed by atoms with Gasteiger partial charge in [0.05, 0.1) is 9.79 Å². The first-order chi connectivity index (χ1) is 9.79. The molecular weight excluding hydrogens is 280 g/mol. The van der Waals surface area contributed by atoms with Gasteiger partial charge in [-0.25, -0.2) is 8.42 Å². The van der Waals surface area contributed by atoms with Crippen molar-refractivity contribution in [2.45, 2.75) is 76.0 Å². The van der Waals surface area contributed by atoms with Gasteiger partial charge in [-0.15, -0.1) is 0 Å². The summed E-state index contributed by atoms with van der Waals surface area (Å²) in [5, 5.41) is 0. The van der Waals surface area contributed by atoms with Crippen LogP contribution in [-0.4, -0.2) is 8.42 Å². The summed E-state index contributed by atoms with van der Waals surface area (Å²) in [7, 11) is -2.90. The Balaban J connectivity index is 0.000000154. The summed E-state index contributed by atoms with van der Waals surface area (Å²) >= 11 is 0. The van der Waals surface area contributed by atoms with Crippen molar-refractivity contribution >= 4 is 9.84 Å². The van der Waals surface area contributed by atoms with Crippen molar-refractivity contribution in [2.75, 3.05) is 0 Å². The normalized spacial score (nSPS) is 20.2. The molecule has 2 aliphatic rings. The Kier molecular flexibility index (Phi) is 4.82. The molecule has 21 heavy (non-hydrogen) atoms. The van der Waals surface area contributed by atoms with E-state index in [-0.39, 0.29) is 0 Å². The van der Waals surface area contributed by atoms with Crippen LogP contribution in [0.5, 0.6) is 0 Å². The van der Waals surface area contributed by atoms with E-state index in [0.717, 1.165) is 11.5 Å². The standard InChI is InChI=1S/C11H22.C7H6O2S/c1-4-11(2,3)10-8-6-5-7-9-10;1-5-2-3-6-7(4-5)10(6,8)9/h10H,4-9H2,1-3H3;2-4H,1H3. The number of fused-ring (bicyclic) bond motifs is 1. The molecule has 1 aliphatic carbocycles. The van der Waals surface area contributed by atoms with E-state index in [1.165, 1.54) is 38.5 Å². The predicted molar refractivity (Wildman–Crippen MR) is 87.3 cm³/mol. The number of aryl methyl sites for hydroxylation is 1. The molecular formula is C18H28O2S. The van der Waals surface area contributed by atoms with E-state index >= 15 is 0 Å². The summed E-state index contributed by atoms with van der Waals surface area (Å²) in [5.41, 5.74) is 1.61. The molecule has 1 heterocycles. The zero-order valence-corrected chi connectivity index (χ0v) is 14.6. The van der Waals surface area contributed by atoms with Gasteiger partial charge in [0, 0.05) is 0 Å². The number of hydrogen-bond donors (Lipinski definition) is 0. The molecule has 0 unspecified atom stereocenters. The van der Waals surface area contributed by atoms with Gasteiger partial charge in [-0.3, -0.25) is 0 Å². The average Bonchev–Trinajstić information content (AvgIpc) is 3.01. The van der Waals surface area contributed by atoms with Crippen LogP contribution in [0.2, 0.25) is 0 Å². The number of hydrogen-bond acceptors (Lipinski definition) is 2. The van der Waals surface area contributed by atoms with Crippen LogP contribution in [0.4, 0.5) is 0 Å². The minimum absolute atomic E-state index is 0.498. The van der Waals surface area contributed by atoms with E-state index in [1.54, 1.807) is 12.1 Å². The third-order valence-corrected chi connectivity index (χ3v) is 6.91. The molecule has 3 heteroatoms. The van der Waals surface area contributed by atoms with Gasteiger partial charge in [0.2, 0.25) is 9.84 Å². The Bertz CT molecular complexity index is 594. The molecule has 0 saturated heterocycles. The second-order valence-corrected chi connectivity index (χ2v) is 9.02. The lowest BCUT2D eigenvalue weighted by atomic mass is 9.70. The van der Waals surface area contributed by atoms with Crippen LogP contribution >= 0.6 is 0 Å². The van der Waals surface area contributed by atoms with Gasteiger partial charge >= 0.3 is 0 Å². The highest BCUT2D eigenvalue weighted by atomic mass is 32.2. The fourth-order valence-corrected chi connectivity index (χ4v) is 4.54. The number of benzene rings is 1. The SMILES string of the molecule is CCC(C)(C)C1CCCCC1.Cc1ccc2c(c1)S2(=O)=O. The van der Waals surface area contributed by atoms with Crippen molar-refractivity contribution in [3.05, 3.63) is 23.8 Å². The van der Waals surface area contributed by atoms with Crippen LogP contribution < -0.4 is 0 Å². The molecule has 0 aromatic heterocycles. The molecule has 0 N–H and O–H groups in total. The maximum atomic E-state index is 10.9. The van der Waals surface area contributed by atoms with E-state index in [1.807, 2.05) is 13.0 Å². The lowest BCUT2D eigenvalue weighted by Gasteiger charge is -2.36. The van der Waals surface area contributed by atoms with E-state index in [4.69, 9.17) is 0 Å². The topological polar surface area (TPSA) is 34.1 Å². The lowest BCUT2D eigenvalue weighted by Crippen LogP contribution is -2.25. The molecule has 0 amide bonds. The number of sulfone groups is 1. The van der Waals surface area contributed by atoms with Crippen molar-refractivity contribution in [3.8, 4) is 0 Å². The highest BCUT2D eigenvalue weighted by Crippen LogP contribution is 2.40. The Morgan fingerprint density at radius 2 is 1.71 bits per heavy atom. The first-order valence-corrected chi connectivity index (χ1v) is 9.63. The Morgan fingerprint density at radius 1 is 1.10 bits per heavy atom. The molecule has 3 rings (SSSR count). The first-order valence-electron chi connectivity index (χ1n) is 8.15. The summed E-state index contributed by atoms with van der Waals surface area (Å²) in [6, 6.07) is 5.16. The molecule has 0 radical (unpaired) electrons. The van der Waals surface area contributed by atoms with Crippen LogP contribution in [0, 0.1) is 18.3 Å². The summed E-state index contributed by atoms with van der Waals surface area (Å²) in [6.45, 7) is 9.08. The van der Waals surface area contributed by atoms with Crippen molar-refractivity contribution < 1.29 is 8.42 Å². The molecule has 2 nitrogen and oxygen atoms in total. The largest absolute Gasteiger partial charge is 0.218 e. The monoisotopic (exact) mass is 308 g/mol. The van der Waals surface area contributed by atoms with E-state index in [9.17, 15) is 8.42 Å². The van der Waals surface area contributed by atoms with Crippen LogP contribution in [0.1, 0.15) is 64.9 Å². The fourth-order valence-electron chi connectivity index (χ4n) is 3.18. The van der Waals surface area contributed by atoms with E-state index in [2.05, 4.69) is 20.8 Å². The molecule has 0 atom stereocenters. The molecule has 1 aliphatic heterocycles. The van der Waals surface area contributed by atoms with Gasteiger partial charge in [-0.05, 0) is 48.8 Å². The van der Waals surface area contributed by atoms with Crippen LogP contribution in [-0.2, 0) is 9.84 Å². The molecule has 0 bridgehead atoms. The molecule has 1 aromatic carbocycles. The van der Waals surface area contributed by atoms with Crippen molar-refractivity contribution in [3.63, 3.8) is 0 Å².